The molecule has 0 unspecified atom stereocenters. The first-order valence-electron chi connectivity index (χ1n) is 13.2. The summed E-state index contributed by atoms with van der Waals surface area (Å²) < 4.78 is 47.9. The van der Waals surface area contributed by atoms with Gasteiger partial charge in [0, 0.05) is 38.2 Å². The number of benzene rings is 2. The van der Waals surface area contributed by atoms with Crippen LogP contribution in [0.2, 0.25) is 0 Å². The average Bonchev–Trinajstić information content (AvgIpc) is 2.85. The van der Waals surface area contributed by atoms with E-state index in [9.17, 15) is 13.5 Å². The van der Waals surface area contributed by atoms with Gasteiger partial charge in [0.15, 0.2) is 0 Å². The number of sulfonamides is 1. The Kier molecular flexibility index (Phi) is 11.8. The third kappa shape index (κ3) is 11.3. The Morgan fingerprint density at radius 3 is 2.63 bits per heavy atom. The molecule has 1 aliphatic rings. The zero-order valence-corrected chi connectivity index (χ0v) is 23.5. The van der Waals surface area contributed by atoms with Crippen LogP contribution in [0.1, 0.15) is 62.3 Å². The summed E-state index contributed by atoms with van der Waals surface area (Å²) in [7, 11) is -3.29. The van der Waals surface area contributed by atoms with Gasteiger partial charge in [-0.25, -0.2) is 8.42 Å². The Morgan fingerprint density at radius 2 is 1.82 bits per heavy atom. The molecule has 9 nitrogen and oxygen atoms in total. The maximum absolute atomic E-state index is 11.3. The molecule has 1 atom stereocenters. The van der Waals surface area contributed by atoms with Gasteiger partial charge in [0.05, 0.1) is 38.8 Å². The van der Waals surface area contributed by atoms with E-state index in [-0.39, 0.29) is 0 Å². The van der Waals surface area contributed by atoms with Gasteiger partial charge in [-0.3, -0.25) is 4.72 Å². The van der Waals surface area contributed by atoms with Gasteiger partial charge in [0.25, 0.3) is 0 Å². The van der Waals surface area contributed by atoms with Crippen molar-refractivity contribution in [1.29, 1.82) is 0 Å². The van der Waals surface area contributed by atoms with Crippen LogP contribution in [0.25, 0.3) is 0 Å². The molecule has 212 valence electrons. The fourth-order valence-corrected chi connectivity index (χ4v) is 4.63. The standard InChI is InChI=1S/C28H42N2O7S/c1-28(2)36-21-24-18-23(11-12-27(24)37-28)26(31)19-29-13-6-4-5-7-14-34-15-16-35-20-22-9-8-10-25(17-22)30-38(3,32)33/h8-12,17-18,26,29-31H,4-7,13-16,19-21H2,1-3H3/t26-/m0/s1. The fraction of sp³-hybridized carbons (Fsp3) is 0.571. The van der Waals surface area contributed by atoms with Gasteiger partial charge in [-0.05, 0) is 54.8 Å². The predicted octanol–water partition coefficient (Wildman–Crippen LogP) is 4.12. The van der Waals surface area contributed by atoms with Crippen molar-refractivity contribution >= 4 is 15.7 Å². The SMILES string of the molecule is CC1(C)OCc2cc([C@@H](O)CNCCCCCCOCCOCc3cccc(NS(C)(=O)=O)c3)ccc2O1. The number of hydrogen-bond acceptors (Lipinski definition) is 8. The molecule has 0 bridgehead atoms. The minimum absolute atomic E-state index is 0.401. The zero-order valence-electron chi connectivity index (χ0n) is 22.7. The van der Waals surface area contributed by atoms with Crippen LogP contribution in [0.5, 0.6) is 5.75 Å². The van der Waals surface area contributed by atoms with Crippen LogP contribution in [0, 0.1) is 0 Å². The molecule has 10 heteroatoms. The quantitative estimate of drug-likeness (QED) is 0.252. The first kappa shape index (κ1) is 30.3. The van der Waals surface area contributed by atoms with Crippen LogP contribution in [0.3, 0.4) is 0 Å². The van der Waals surface area contributed by atoms with Gasteiger partial charge in [-0.15, -0.1) is 0 Å². The number of ether oxygens (including phenoxy) is 4. The molecule has 3 N–H and O–H groups in total. The molecule has 0 fully saturated rings. The van der Waals surface area contributed by atoms with Crippen LogP contribution >= 0.6 is 0 Å². The summed E-state index contributed by atoms with van der Waals surface area (Å²) in [5, 5.41) is 13.8. The van der Waals surface area contributed by atoms with Crippen molar-refractivity contribution in [2.75, 3.05) is 43.9 Å². The number of fused-ring (bicyclic) bond motifs is 1. The molecule has 0 radical (unpaired) electrons. The molecule has 38 heavy (non-hydrogen) atoms. The number of nitrogens with one attached hydrogen (secondary N) is 2. The summed E-state index contributed by atoms with van der Waals surface area (Å²) in [6.07, 6.45) is 4.79. The Balaban J connectivity index is 1.15. The topological polar surface area (TPSA) is 115 Å². The van der Waals surface area contributed by atoms with E-state index in [4.69, 9.17) is 18.9 Å². The highest BCUT2D eigenvalue weighted by Crippen LogP contribution is 2.32. The van der Waals surface area contributed by atoms with Crippen LogP contribution < -0.4 is 14.8 Å². The van der Waals surface area contributed by atoms with E-state index in [1.165, 1.54) is 0 Å². The molecule has 0 saturated carbocycles. The maximum Gasteiger partial charge on any atom is 0.229 e. The first-order valence-corrected chi connectivity index (χ1v) is 15.1. The number of rotatable bonds is 17. The van der Waals surface area contributed by atoms with E-state index in [1.807, 2.05) is 38.1 Å². The summed E-state index contributed by atoms with van der Waals surface area (Å²) in [5.41, 5.74) is 3.25. The summed E-state index contributed by atoms with van der Waals surface area (Å²) in [5.74, 6) is 0.195. The van der Waals surface area contributed by atoms with Gasteiger partial charge < -0.3 is 29.4 Å². The van der Waals surface area contributed by atoms with E-state index in [1.54, 1.807) is 18.2 Å². The molecular weight excluding hydrogens is 508 g/mol. The fourth-order valence-electron chi connectivity index (χ4n) is 4.08. The number of hydrogen-bond donors (Lipinski definition) is 3. The molecular formula is C28H42N2O7S. The smallest absolute Gasteiger partial charge is 0.229 e. The van der Waals surface area contributed by atoms with Gasteiger partial charge in [0.2, 0.25) is 15.8 Å². The molecule has 3 rings (SSSR count). The number of unbranched alkanes of at least 4 members (excludes halogenated alkanes) is 3. The van der Waals surface area contributed by atoms with E-state index in [0.29, 0.717) is 45.3 Å². The van der Waals surface area contributed by atoms with E-state index < -0.39 is 21.9 Å². The summed E-state index contributed by atoms with van der Waals surface area (Å²) in [6.45, 7) is 7.74. The molecule has 0 saturated heterocycles. The van der Waals surface area contributed by atoms with Crippen LogP contribution in [0.15, 0.2) is 42.5 Å². The molecule has 0 amide bonds. The minimum atomic E-state index is -3.29. The lowest BCUT2D eigenvalue weighted by Gasteiger charge is -2.33. The molecule has 1 heterocycles. The maximum atomic E-state index is 11.3. The number of anilines is 1. The van der Waals surface area contributed by atoms with Crippen molar-refractivity contribution in [2.24, 2.45) is 0 Å². The molecule has 0 aromatic heterocycles. The zero-order chi connectivity index (χ0) is 27.4. The van der Waals surface area contributed by atoms with Gasteiger partial charge >= 0.3 is 0 Å². The molecule has 2 aromatic carbocycles. The molecule has 1 aliphatic heterocycles. The van der Waals surface area contributed by atoms with Crippen LogP contribution in [0.4, 0.5) is 5.69 Å². The molecule has 0 aliphatic carbocycles. The van der Waals surface area contributed by atoms with Crippen molar-refractivity contribution in [1.82, 2.24) is 5.32 Å². The lowest BCUT2D eigenvalue weighted by molar-refractivity contribution is -0.180. The Labute approximate surface area is 226 Å². The second-order valence-corrected chi connectivity index (χ2v) is 11.8. The van der Waals surface area contributed by atoms with Crippen molar-refractivity contribution in [2.45, 2.75) is 64.6 Å². The van der Waals surface area contributed by atoms with Gasteiger partial charge in [-0.2, -0.15) is 0 Å². The monoisotopic (exact) mass is 550 g/mol. The Hall–Kier alpha value is -2.21. The average molecular weight is 551 g/mol. The highest BCUT2D eigenvalue weighted by atomic mass is 32.2. The molecule has 2 aromatic rings. The lowest BCUT2D eigenvalue weighted by atomic mass is 10.0. The number of aliphatic hydroxyl groups excluding tert-OH is 1. The van der Waals surface area contributed by atoms with Crippen molar-refractivity contribution < 1.29 is 32.5 Å². The summed E-state index contributed by atoms with van der Waals surface area (Å²) in [6, 6.07) is 12.9. The largest absolute Gasteiger partial charge is 0.463 e. The highest BCUT2D eigenvalue weighted by Gasteiger charge is 2.27. The normalized spacial score (nSPS) is 15.5. The van der Waals surface area contributed by atoms with Gasteiger partial charge in [-0.1, -0.05) is 31.0 Å². The lowest BCUT2D eigenvalue weighted by Crippen LogP contribution is -2.35. The second kappa shape index (κ2) is 14.8. The third-order valence-corrected chi connectivity index (χ3v) is 6.61. The van der Waals surface area contributed by atoms with E-state index in [2.05, 4.69) is 10.0 Å². The Morgan fingerprint density at radius 1 is 1.03 bits per heavy atom. The van der Waals surface area contributed by atoms with Crippen molar-refractivity contribution in [3.05, 3.63) is 59.2 Å². The van der Waals surface area contributed by atoms with Crippen molar-refractivity contribution in [3.63, 3.8) is 0 Å². The summed E-state index contributed by atoms with van der Waals surface area (Å²) >= 11 is 0. The number of aliphatic hydroxyl groups is 1. The first-order chi connectivity index (χ1) is 18.1. The third-order valence-electron chi connectivity index (χ3n) is 6.00. The summed E-state index contributed by atoms with van der Waals surface area (Å²) in [4.78, 5) is 0. The van der Waals surface area contributed by atoms with E-state index in [0.717, 1.165) is 60.9 Å². The predicted molar refractivity (Wildman–Crippen MR) is 148 cm³/mol. The van der Waals surface area contributed by atoms with Gasteiger partial charge in [0.1, 0.15) is 5.75 Å². The van der Waals surface area contributed by atoms with Crippen LogP contribution in [-0.4, -0.2) is 58.5 Å². The second-order valence-electron chi connectivity index (χ2n) is 10.0. The minimum Gasteiger partial charge on any atom is -0.463 e. The Bertz CT molecular complexity index is 1110. The van der Waals surface area contributed by atoms with Crippen molar-refractivity contribution in [3.8, 4) is 5.75 Å². The van der Waals surface area contributed by atoms with Crippen LogP contribution in [-0.2, 0) is 37.4 Å². The van der Waals surface area contributed by atoms with E-state index >= 15 is 0 Å². The molecule has 0 spiro atoms. The highest BCUT2D eigenvalue weighted by molar-refractivity contribution is 7.92.